The molecule has 86 valence electrons. The van der Waals surface area contributed by atoms with Gasteiger partial charge in [0.05, 0.1) is 19.2 Å². The molecule has 0 spiro atoms. The molecule has 0 aromatic rings. The lowest BCUT2D eigenvalue weighted by Crippen LogP contribution is -2.39. The van der Waals surface area contributed by atoms with E-state index < -0.39 is 6.17 Å². The van der Waals surface area contributed by atoms with E-state index in [2.05, 4.69) is 6.58 Å². The molecule has 2 N–H and O–H groups in total. The molecule has 2 aliphatic rings. The van der Waals surface area contributed by atoms with Gasteiger partial charge in [-0.05, 0) is 12.8 Å². The van der Waals surface area contributed by atoms with Gasteiger partial charge in [0.2, 0.25) is 0 Å². The minimum absolute atomic E-state index is 0.000602. The summed E-state index contributed by atoms with van der Waals surface area (Å²) in [4.78, 5) is 0. The molecule has 2 atom stereocenters. The van der Waals surface area contributed by atoms with Gasteiger partial charge in [0.25, 0.3) is 0 Å². The Morgan fingerprint density at radius 1 is 1.20 bits per heavy atom. The second-order valence-electron chi connectivity index (χ2n) is 4.22. The highest BCUT2D eigenvalue weighted by Crippen LogP contribution is 2.36. The van der Waals surface area contributed by atoms with Crippen molar-refractivity contribution in [3.63, 3.8) is 0 Å². The number of hydroxylamine groups is 4. The first-order valence-electron chi connectivity index (χ1n) is 5.34. The summed E-state index contributed by atoms with van der Waals surface area (Å²) < 4.78 is 4.98. The molecule has 0 aromatic heterocycles. The van der Waals surface area contributed by atoms with Gasteiger partial charge in [-0.15, -0.1) is 0 Å². The van der Waals surface area contributed by atoms with E-state index in [0.29, 0.717) is 5.76 Å². The smallest absolute Gasteiger partial charge is 0.167 e. The van der Waals surface area contributed by atoms with Gasteiger partial charge >= 0.3 is 0 Å². The van der Waals surface area contributed by atoms with Crippen LogP contribution in [0.25, 0.3) is 0 Å². The molecule has 2 fully saturated rings. The van der Waals surface area contributed by atoms with Crippen molar-refractivity contribution in [3.8, 4) is 0 Å². The number of methoxy groups -OCH3 is 1. The number of hydrogen-bond donors (Lipinski definition) is 2. The zero-order chi connectivity index (χ0) is 11.0. The van der Waals surface area contributed by atoms with Gasteiger partial charge in [0, 0.05) is 0 Å². The summed E-state index contributed by atoms with van der Waals surface area (Å²) in [5.41, 5.74) is 0. The summed E-state index contributed by atoms with van der Waals surface area (Å²) in [6.07, 6.45) is 3.39. The minimum Gasteiger partial charge on any atom is -0.498 e. The number of ether oxygens (including phenoxy) is 1. The quantitative estimate of drug-likeness (QED) is 0.676. The zero-order valence-electron chi connectivity index (χ0n) is 8.96. The van der Waals surface area contributed by atoms with Crippen molar-refractivity contribution in [2.24, 2.45) is 0 Å². The van der Waals surface area contributed by atoms with Crippen molar-refractivity contribution in [2.75, 3.05) is 7.11 Å². The van der Waals surface area contributed by atoms with Gasteiger partial charge in [-0.3, -0.25) is 0 Å². The molecule has 1 heterocycles. The van der Waals surface area contributed by atoms with Crippen molar-refractivity contribution in [1.82, 2.24) is 10.1 Å². The fraction of sp³-hybridized carbons (Fsp3) is 0.800. The van der Waals surface area contributed by atoms with Gasteiger partial charge in [-0.25, -0.2) is 0 Å². The maximum atomic E-state index is 9.95. The van der Waals surface area contributed by atoms with Crippen molar-refractivity contribution < 1.29 is 15.2 Å². The number of rotatable bonds is 2. The third kappa shape index (κ3) is 1.65. The van der Waals surface area contributed by atoms with E-state index in [0.717, 1.165) is 25.7 Å². The standard InChI is InChI=1S/C10H18N2O3/c1-7(15-2)10-11(13)8-5-3-4-6-9(8)12(10)14/h8-10,13-14H,1,3-6H2,2H3. The highest BCUT2D eigenvalue weighted by molar-refractivity contribution is 5.04. The summed E-state index contributed by atoms with van der Waals surface area (Å²) >= 11 is 0. The zero-order valence-corrected chi connectivity index (χ0v) is 8.96. The van der Waals surface area contributed by atoms with Crippen molar-refractivity contribution >= 4 is 0 Å². The third-order valence-electron chi connectivity index (χ3n) is 3.42. The first kappa shape index (κ1) is 10.9. The minimum atomic E-state index is -0.622. The first-order valence-corrected chi connectivity index (χ1v) is 5.34. The Morgan fingerprint density at radius 3 is 2.07 bits per heavy atom. The summed E-state index contributed by atoms with van der Waals surface area (Å²) in [5, 5.41) is 22.2. The van der Waals surface area contributed by atoms with E-state index in [4.69, 9.17) is 4.74 Å². The van der Waals surface area contributed by atoms with E-state index in [1.54, 1.807) is 0 Å². The third-order valence-corrected chi connectivity index (χ3v) is 3.42. The average molecular weight is 214 g/mol. The topological polar surface area (TPSA) is 56.2 Å². The van der Waals surface area contributed by atoms with E-state index in [1.165, 1.54) is 17.2 Å². The van der Waals surface area contributed by atoms with Gasteiger partial charge in [0.15, 0.2) is 6.17 Å². The average Bonchev–Trinajstić information content (AvgIpc) is 2.52. The molecule has 0 amide bonds. The van der Waals surface area contributed by atoms with Crippen molar-refractivity contribution in [3.05, 3.63) is 12.3 Å². The lowest BCUT2D eigenvalue weighted by Gasteiger charge is -2.27. The second kappa shape index (κ2) is 4.09. The Bertz CT molecular complexity index is 241. The Kier molecular flexibility index (Phi) is 2.97. The summed E-state index contributed by atoms with van der Waals surface area (Å²) in [6.45, 7) is 3.69. The highest BCUT2D eigenvalue weighted by Gasteiger charge is 2.49. The van der Waals surface area contributed by atoms with Gasteiger partial charge < -0.3 is 15.2 Å². The van der Waals surface area contributed by atoms with Crippen LogP contribution < -0.4 is 0 Å². The van der Waals surface area contributed by atoms with Crippen molar-refractivity contribution in [2.45, 2.75) is 43.9 Å². The molecule has 15 heavy (non-hydrogen) atoms. The second-order valence-corrected chi connectivity index (χ2v) is 4.22. The van der Waals surface area contributed by atoms with E-state index in [-0.39, 0.29) is 12.1 Å². The number of hydrogen-bond acceptors (Lipinski definition) is 5. The predicted octanol–water partition coefficient (Wildman–Crippen LogP) is 1.18. The van der Waals surface area contributed by atoms with Crippen molar-refractivity contribution in [1.29, 1.82) is 0 Å². The maximum absolute atomic E-state index is 9.95. The molecule has 1 saturated carbocycles. The van der Waals surface area contributed by atoms with Crippen LogP contribution in [-0.2, 0) is 4.74 Å². The fourth-order valence-corrected chi connectivity index (χ4v) is 2.59. The van der Waals surface area contributed by atoms with Crippen LogP contribution in [0.1, 0.15) is 25.7 Å². The Morgan fingerprint density at radius 2 is 1.67 bits per heavy atom. The van der Waals surface area contributed by atoms with Gasteiger partial charge in [0.1, 0.15) is 5.76 Å². The number of fused-ring (bicyclic) bond motifs is 1. The first-order chi connectivity index (χ1) is 7.16. The lowest BCUT2D eigenvalue weighted by atomic mass is 9.91. The molecular formula is C10H18N2O3. The molecule has 1 aliphatic carbocycles. The summed E-state index contributed by atoms with van der Waals surface area (Å²) in [6, 6.07) is 0.00120. The molecule has 5 heteroatoms. The van der Waals surface area contributed by atoms with Crippen LogP contribution in [-0.4, -0.2) is 45.9 Å². The van der Waals surface area contributed by atoms with Crippen LogP contribution in [0.3, 0.4) is 0 Å². The fourth-order valence-electron chi connectivity index (χ4n) is 2.59. The van der Waals surface area contributed by atoms with E-state index in [1.807, 2.05) is 0 Å². The van der Waals surface area contributed by atoms with E-state index in [9.17, 15) is 10.4 Å². The predicted molar refractivity (Wildman–Crippen MR) is 53.2 cm³/mol. The molecule has 0 aromatic carbocycles. The maximum Gasteiger partial charge on any atom is 0.167 e. The molecule has 5 nitrogen and oxygen atoms in total. The van der Waals surface area contributed by atoms with Crippen LogP contribution in [0.15, 0.2) is 12.3 Å². The Labute approximate surface area is 89.5 Å². The SMILES string of the molecule is C=C(OC)C1N(O)C2CCCCC2N1O. The number of nitrogens with zero attached hydrogens (tertiary/aromatic N) is 2. The van der Waals surface area contributed by atoms with E-state index >= 15 is 0 Å². The monoisotopic (exact) mass is 214 g/mol. The molecule has 0 bridgehead atoms. The molecule has 2 unspecified atom stereocenters. The molecule has 1 aliphatic heterocycles. The Balaban J connectivity index is 2.17. The molecule has 0 radical (unpaired) electrons. The Hall–Kier alpha value is -0.620. The highest BCUT2D eigenvalue weighted by atomic mass is 16.6. The largest absolute Gasteiger partial charge is 0.498 e. The summed E-state index contributed by atoms with van der Waals surface area (Å²) in [5.74, 6) is 0.370. The lowest BCUT2D eigenvalue weighted by molar-refractivity contribution is -0.203. The van der Waals surface area contributed by atoms with Crippen LogP contribution in [0.4, 0.5) is 0 Å². The normalized spacial score (nSPS) is 37.7. The van der Waals surface area contributed by atoms with Crippen LogP contribution in [0, 0.1) is 0 Å². The van der Waals surface area contributed by atoms with Gasteiger partial charge in [-0.2, -0.15) is 10.1 Å². The van der Waals surface area contributed by atoms with Crippen LogP contribution in [0.5, 0.6) is 0 Å². The molecular weight excluding hydrogens is 196 g/mol. The van der Waals surface area contributed by atoms with Crippen LogP contribution in [0.2, 0.25) is 0 Å². The summed E-state index contributed by atoms with van der Waals surface area (Å²) in [7, 11) is 1.49. The molecule has 1 saturated heterocycles. The van der Waals surface area contributed by atoms with Crippen LogP contribution >= 0.6 is 0 Å². The molecule has 2 rings (SSSR count). The van der Waals surface area contributed by atoms with Gasteiger partial charge in [-0.1, -0.05) is 19.4 Å².